The summed E-state index contributed by atoms with van der Waals surface area (Å²) in [6, 6.07) is 5.23. The molecule has 0 aliphatic carbocycles. The molecule has 4 rings (SSSR count). The maximum absolute atomic E-state index is 12.5. The zero-order valence-corrected chi connectivity index (χ0v) is 16.1. The minimum absolute atomic E-state index is 0.166. The van der Waals surface area contributed by atoms with Crippen molar-refractivity contribution in [1.82, 2.24) is 14.9 Å². The number of hydrogen-bond donors (Lipinski definition) is 2. The van der Waals surface area contributed by atoms with E-state index in [-0.39, 0.29) is 28.5 Å². The number of aromatic amines is 1. The lowest BCUT2D eigenvalue weighted by molar-refractivity contribution is -0.00436. The van der Waals surface area contributed by atoms with Crippen molar-refractivity contribution in [3.63, 3.8) is 0 Å². The van der Waals surface area contributed by atoms with Gasteiger partial charge in [-0.3, -0.25) is 4.79 Å². The van der Waals surface area contributed by atoms with Crippen LogP contribution < -0.4 is 5.56 Å². The molecule has 2 unspecified atom stereocenters. The molecule has 0 radical (unpaired) electrons. The van der Waals surface area contributed by atoms with Gasteiger partial charge in [0.1, 0.15) is 16.9 Å². The van der Waals surface area contributed by atoms with Crippen LogP contribution in [0.2, 0.25) is 0 Å². The van der Waals surface area contributed by atoms with E-state index in [4.69, 9.17) is 4.42 Å². The number of hydrogen-bond acceptors (Lipinski definition) is 4. The van der Waals surface area contributed by atoms with Gasteiger partial charge in [-0.15, -0.1) is 0 Å². The molecule has 1 aliphatic heterocycles. The second-order valence-corrected chi connectivity index (χ2v) is 8.64. The highest BCUT2D eigenvalue weighted by Gasteiger charge is 2.50. The molecule has 1 saturated heterocycles. The number of nitrogens with one attached hydrogen (secondary N) is 1. The predicted molar refractivity (Wildman–Crippen MR) is 101 cm³/mol. The predicted octanol–water partition coefficient (Wildman–Crippen LogP) is 3.92. The van der Waals surface area contributed by atoms with Crippen molar-refractivity contribution in [2.45, 2.75) is 32.7 Å². The summed E-state index contributed by atoms with van der Waals surface area (Å²) in [5.41, 5.74) is 0.645. The number of halogens is 1. The average molecular weight is 420 g/mol. The summed E-state index contributed by atoms with van der Waals surface area (Å²) in [4.78, 5) is 32.9. The zero-order chi connectivity index (χ0) is 18.8. The maximum Gasteiger partial charge on any atom is 0.407 e. The fourth-order valence-electron chi connectivity index (χ4n) is 3.83. The first-order valence-electron chi connectivity index (χ1n) is 8.28. The van der Waals surface area contributed by atoms with Crippen LogP contribution in [0.1, 0.15) is 32.5 Å². The molecular formula is C18H18BrN3O4. The van der Waals surface area contributed by atoms with Gasteiger partial charge in [0.25, 0.3) is 5.56 Å². The van der Waals surface area contributed by atoms with Gasteiger partial charge in [-0.25, -0.2) is 9.78 Å². The third kappa shape index (κ3) is 2.51. The highest BCUT2D eigenvalue weighted by molar-refractivity contribution is 9.10. The van der Waals surface area contributed by atoms with Crippen LogP contribution in [0.5, 0.6) is 0 Å². The number of carbonyl (C=O) groups is 1. The van der Waals surface area contributed by atoms with E-state index in [1.807, 2.05) is 32.9 Å². The van der Waals surface area contributed by atoms with Gasteiger partial charge in [-0.2, -0.15) is 0 Å². The summed E-state index contributed by atoms with van der Waals surface area (Å²) < 4.78 is 6.51. The maximum atomic E-state index is 12.5. The molecule has 2 aromatic heterocycles. The van der Waals surface area contributed by atoms with Gasteiger partial charge in [0, 0.05) is 16.4 Å². The lowest BCUT2D eigenvalue weighted by Crippen LogP contribution is -2.62. The van der Waals surface area contributed by atoms with Crippen molar-refractivity contribution in [2.24, 2.45) is 5.41 Å². The van der Waals surface area contributed by atoms with Crippen molar-refractivity contribution >= 4 is 44.1 Å². The Balaban J connectivity index is 1.87. The van der Waals surface area contributed by atoms with E-state index in [0.29, 0.717) is 23.5 Å². The van der Waals surface area contributed by atoms with E-state index in [9.17, 15) is 14.7 Å². The number of rotatable bonds is 1. The molecule has 26 heavy (non-hydrogen) atoms. The first-order chi connectivity index (χ1) is 12.2. The van der Waals surface area contributed by atoms with Crippen LogP contribution in [0.25, 0.3) is 22.1 Å². The molecule has 1 fully saturated rings. The van der Waals surface area contributed by atoms with Gasteiger partial charge >= 0.3 is 6.09 Å². The molecule has 1 aromatic carbocycles. The van der Waals surface area contributed by atoms with Crippen LogP contribution in [0.3, 0.4) is 0 Å². The number of carboxylic acid groups (broad SMARTS) is 1. The molecular weight excluding hydrogens is 402 g/mol. The van der Waals surface area contributed by atoms with Crippen LogP contribution in [-0.2, 0) is 0 Å². The molecule has 136 valence electrons. The molecule has 7 nitrogen and oxygen atoms in total. The van der Waals surface area contributed by atoms with Gasteiger partial charge in [0.15, 0.2) is 0 Å². The molecule has 2 N–H and O–H groups in total. The Morgan fingerprint density at radius 1 is 1.42 bits per heavy atom. The molecule has 2 atom stereocenters. The quantitative estimate of drug-likeness (QED) is 0.622. The van der Waals surface area contributed by atoms with Crippen LogP contribution >= 0.6 is 15.9 Å². The SMILES string of the molecule is CC(C)(C)C1C(c2nc3c(oc4ccc(Br)cc43)c(=O)[nH]2)CN1C(=O)O. The second-order valence-electron chi connectivity index (χ2n) is 7.72. The summed E-state index contributed by atoms with van der Waals surface area (Å²) in [5.74, 6) is 0.336. The van der Waals surface area contributed by atoms with E-state index in [1.54, 1.807) is 6.07 Å². The van der Waals surface area contributed by atoms with Crippen molar-refractivity contribution < 1.29 is 14.3 Å². The number of likely N-dealkylation sites (tertiary alicyclic amines) is 1. The number of furan rings is 1. The Bertz CT molecular complexity index is 1100. The Kier molecular flexibility index (Phi) is 3.66. The number of H-pyrrole nitrogens is 1. The third-order valence-electron chi connectivity index (χ3n) is 4.90. The summed E-state index contributed by atoms with van der Waals surface area (Å²) in [6.45, 7) is 6.27. The van der Waals surface area contributed by atoms with Crippen molar-refractivity contribution in [2.75, 3.05) is 6.54 Å². The molecule has 1 amide bonds. The molecule has 8 heteroatoms. The second kappa shape index (κ2) is 5.57. The molecule has 3 aromatic rings. The number of aromatic nitrogens is 2. The first-order valence-corrected chi connectivity index (χ1v) is 9.07. The first kappa shape index (κ1) is 17.1. The highest BCUT2D eigenvalue weighted by Crippen LogP contribution is 2.43. The summed E-state index contributed by atoms with van der Waals surface area (Å²) >= 11 is 3.43. The van der Waals surface area contributed by atoms with E-state index in [1.165, 1.54) is 4.90 Å². The Morgan fingerprint density at radius 2 is 2.15 bits per heavy atom. The molecule has 0 bridgehead atoms. The van der Waals surface area contributed by atoms with E-state index < -0.39 is 6.09 Å². The van der Waals surface area contributed by atoms with Crippen LogP contribution in [0, 0.1) is 5.41 Å². The summed E-state index contributed by atoms with van der Waals surface area (Å²) in [7, 11) is 0. The molecule has 1 aliphatic rings. The summed E-state index contributed by atoms with van der Waals surface area (Å²) in [5, 5.41) is 10.2. The van der Waals surface area contributed by atoms with Gasteiger partial charge in [-0.05, 0) is 23.6 Å². The Hall–Kier alpha value is -2.35. The van der Waals surface area contributed by atoms with Gasteiger partial charge in [0.2, 0.25) is 5.58 Å². The number of benzene rings is 1. The number of amides is 1. The van der Waals surface area contributed by atoms with E-state index >= 15 is 0 Å². The number of fused-ring (bicyclic) bond motifs is 3. The molecule has 0 saturated carbocycles. The molecule has 0 spiro atoms. The standard InChI is InChI=1S/C18H18BrN3O4/c1-18(2,3)14-10(7-22(14)17(24)25)15-20-12-9-6-8(19)4-5-11(9)26-13(12)16(23)21-15/h4-6,10,14H,7H2,1-3H3,(H,24,25)(H,20,21,23). The molecule has 3 heterocycles. The van der Waals surface area contributed by atoms with Crippen molar-refractivity contribution in [3.8, 4) is 0 Å². The highest BCUT2D eigenvalue weighted by atomic mass is 79.9. The fourth-order valence-corrected chi connectivity index (χ4v) is 4.19. The van der Waals surface area contributed by atoms with Gasteiger partial charge in [-0.1, -0.05) is 36.7 Å². The van der Waals surface area contributed by atoms with Crippen LogP contribution in [-0.4, -0.2) is 38.7 Å². The van der Waals surface area contributed by atoms with Crippen molar-refractivity contribution in [3.05, 3.63) is 38.9 Å². The topological polar surface area (TPSA) is 99.4 Å². The number of nitrogens with zero attached hydrogens (tertiary/aromatic N) is 2. The Morgan fingerprint density at radius 3 is 2.81 bits per heavy atom. The lowest BCUT2D eigenvalue weighted by atomic mass is 9.72. The van der Waals surface area contributed by atoms with E-state index in [2.05, 4.69) is 25.9 Å². The normalized spacial score (nSPS) is 20.5. The van der Waals surface area contributed by atoms with E-state index in [0.717, 1.165) is 9.86 Å². The largest absolute Gasteiger partial charge is 0.465 e. The fraction of sp³-hybridized carbons (Fsp3) is 0.389. The zero-order valence-electron chi connectivity index (χ0n) is 14.5. The minimum Gasteiger partial charge on any atom is -0.465 e. The summed E-state index contributed by atoms with van der Waals surface area (Å²) in [6.07, 6.45) is -0.956. The minimum atomic E-state index is -0.956. The third-order valence-corrected chi connectivity index (χ3v) is 5.39. The average Bonchev–Trinajstić information content (AvgIpc) is 2.83. The monoisotopic (exact) mass is 419 g/mol. The van der Waals surface area contributed by atoms with Crippen molar-refractivity contribution in [1.29, 1.82) is 0 Å². The van der Waals surface area contributed by atoms with Crippen LogP contribution in [0.15, 0.2) is 31.9 Å². The lowest BCUT2D eigenvalue weighted by Gasteiger charge is -2.52. The smallest absolute Gasteiger partial charge is 0.407 e. The van der Waals surface area contributed by atoms with Gasteiger partial charge in [0.05, 0.1) is 12.0 Å². The van der Waals surface area contributed by atoms with Gasteiger partial charge < -0.3 is 19.4 Å². The Labute approximate surface area is 157 Å². The van der Waals surface area contributed by atoms with Crippen LogP contribution in [0.4, 0.5) is 4.79 Å².